The van der Waals surface area contributed by atoms with Gasteiger partial charge in [-0.05, 0) is 17.7 Å². The fourth-order valence-electron chi connectivity index (χ4n) is 2.15. The quantitative estimate of drug-likeness (QED) is 0.882. The Balaban J connectivity index is 2.39. The second-order valence-corrected chi connectivity index (χ2v) is 4.73. The summed E-state index contributed by atoms with van der Waals surface area (Å²) in [7, 11) is 3.39. The zero-order valence-corrected chi connectivity index (χ0v) is 9.80. The van der Waals surface area contributed by atoms with Gasteiger partial charge in [-0.1, -0.05) is 6.07 Å². The molecule has 1 aromatic rings. The molecule has 0 heterocycles. The lowest BCUT2D eigenvalue weighted by atomic mass is 9.95. The summed E-state index contributed by atoms with van der Waals surface area (Å²) in [6.45, 7) is -0.166. The molecule has 1 fully saturated rings. The van der Waals surface area contributed by atoms with E-state index in [1.165, 1.54) is 18.2 Å². The highest BCUT2D eigenvalue weighted by Gasteiger charge is 2.71. The zero-order chi connectivity index (χ0) is 12.8. The van der Waals surface area contributed by atoms with E-state index < -0.39 is 17.2 Å². The molecule has 0 spiro atoms. The van der Waals surface area contributed by atoms with Gasteiger partial charge in [0.15, 0.2) is 0 Å². The normalized spacial score (nSPS) is 25.8. The van der Waals surface area contributed by atoms with Gasteiger partial charge in [0.1, 0.15) is 5.82 Å². The highest BCUT2D eigenvalue weighted by molar-refractivity contribution is 5.51. The van der Waals surface area contributed by atoms with Crippen LogP contribution in [0.5, 0.6) is 0 Å². The minimum atomic E-state index is -2.81. The van der Waals surface area contributed by atoms with Gasteiger partial charge in [0.25, 0.3) is 5.92 Å². The molecule has 1 aliphatic rings. The molecule has 1 aromatic carbocycles. The number of nitrogens with zero attached hydrogens (tertiary/aromatic N) is 1. The Kier molecular flexibility index (Phi) is 2.61. The molecule has 0 amide bonds. The van der Waals surface area contributed by atoms with Crippen LogP contribution in [0.3, 0.4) is 0 Å². The lowest BCUT2D eigenvalue weighted by Crippen LogP contribution is -2.27. The van der Waals surface area contributed by atoms with Gasteiger partial charge in [-0.15, -0.1) is 0 Å². The van der Waals surface area contributed by atoms with Crippen LogP contribution in [0.4, 0.5) is 18.9 Å². The van der Waals surface area contributed by atoms with Crippen molar-refractivity contribution in [2.45, 2.75) is 17.8 Å². The van der Waals surface area contributed by atoms with E-state index in [0.29, 0.717) is 5.69 Å². The molecule has 2 nitrogen and oxygen atoms in total. The second kappa shape index (κ2) is 3.63. The monoisotopic (exact) mass is 244 g/mol. The average Bonchev–Trinajstić information content (AvgIpc) is 2.81. The summed E-state index contributed by atoms with van der Waals surface area (Å²) < 4.78 is 40.4. The topological polar surface area (TPSA) is 29.3 Å². The van der Waals surface area contributed by atoms with Gasteiger partial charge in [0.05, 0.1) is 11.1 Å². The number of nitrogens with two attached hydrogens (primary N) is 1. The molecule has 1 atom stereocenters. The number of anilines is 1. The van der Waals surface area contributed by atoms with Gasteiger partial charge in [-0.25, -0.2) is 13.2 Å². The molecule has 94 valence electrons. The first-order valence-corrected chi connectivity index (χ1v) is 5.39. The predicted octanol–water partition coefficient (Wildman–Crippen LogP) is 2.13. The first-order valence-electron chi connectivity index (χ1n) is 5.39. The van der Waals surface area contributed by atoms with E-state index in [2.05, 4.69) is 0 Å². The Hall–Kier alpha value is -1.23. The minimum Gasteiger partial charge on any atom is -0.375 e. The summed E-state index contributed by atoms with van der Waals surface area (Å²) >= 11 is 0. The number of hydrogen-bond donors (Lipinski definition) is 1. The number of rotatable bonds is 3. The number of benzene rings is 1. The van der Waals surface area contributed by atoms with Crippen LogP contribution in [-0.2, 0) is 5.41 Å². The summed E-state index contributed by atoms with van der Waals surface area (Å²) in [5.41, 5.74) is 4.71. The molecule has 5 heteroatoms. The van der Waals surface area contributed by atoms with Crippen LogP contribution in [0.1, 0.15) is 12.0 Å². The summed E-state index contributed by atoms with van der Waals surface area (Å²) in [4.78, 5) is 1.60. The second-order valence-electron chi connectivity index (χ2n) is 4.73. The molecule has 1 saturated carbocycles. The van der Waals surface area contributed by atoms with Crippen LogP contribution in [0.15, 0.2) is 18.2 Å². The van der Waals surface area contributed by atoms with Crippen molar-refractivity contribution in [1.82, 2.24) is 0 Å². The summed E-state index contributed by atoms with van der Waals surface area (Å²) in [6, 6.07) is 4.21. The van der Waals surface area contributed by atoms with Gasteiger partial charge in [-0.2, -0.15) is 0 Å². The van der Waals surface area contributed by atoms with Crippen LogP contribution in [0.2, 0.25) is 0 Å². The van der Waals surface area contributed by atoms with Gasteiger partial charge in [0, 0.05) is 27.1 Å². The molecule has 0 aliphatic heterocycles. The molecule has 0 bridgehead atoms. The van der Waals surface area contributed by atoms with Crippen LogP contribution in [0.25, 0.3) is 0 Å². The number of alkyl halides is 2. The smallest absolute Gasteiger partial charge is 0.260 e. The largest absolute Gasteiger partial charge is 0.375 e. The van der Waals surface area contributed by atoms with Crippen molar-refractivity contribution in [3.05, 3.63) is 29.6 Å². The van der Waals surface area contributed by atoms with Crippen LogP contribution < -0.4 is 10.6 Å². The van der Waals surface area contributed by atoms with E-state index in [1.54, 1.807) is 19.0 Å². The highest BCUT2D eigenvalue weighted by atomic mass is 19.3. The first kappa shape index (κ1) is 12.2. The van der Waals surface area contributed by atoms with Gasteiger partial charge in [-0.3, -0.25) is 0 Å². The fraction of sp³-hybridized carbons (Fsp3) is 0.500. The van der Waals surface area contributed by atoms with Crippen molar-refractivity contribution < 1.29 is 13.2 Å². The third kappa shape index (κ3) is 1.69. The van der Waals surface area contributed by atoms with Crippen molar-refractivity contribution in [3.63, 3.8) is 0 Å². The van der Waals surface area contributed by atoms with Crippen molar-refractivity contribution >= 4 is 5.69 Å². The van der Waals surface area contributed by atoms with Crippen molar-refractivity contribution in [2.24, 2.45) is 5.73 Å². The van der Waals surface area contributed by atoms with E-state index in [9.17, 15) is 13.2 Å². The van der Waals surface area contributed by atoms with E-state index in [0.717, 1.165) is 0 Å². The average molecular weight is 244 g/mol. The Bertz CT molecular complexity index is 445. The van der Waals surface area contributed by atoms with Crippen molar-refractivity contribution in [2.75, 3.05) is 25.5 Å². The van der Waals surface area contributed by atoms with E-state index in [4.69, 9.17) is 5.73 Å². The van der Waals surface area contributed by atoms with Crippen molar-refractivity contribution in [1.29, 1.82) is 0 Å². The lowest BCUT2D eigenvalue weighted by molar-refractivity contribution is 0.0895. The Morgan fingerprint density at radius 3 is 2.29 bits per heavy atom. The first-order chi connectivity index (χ1) is 7.84. The molecule has 1 unspecified atom stereocenters. The molecule has 2 N–H and O–H groups in total. The Morgan fingerprint density at radius 1 is 1.35 bits per heavy atom. The molecule has 0 saturated heterocycles. The SMILES string of the molecule is CN(C)c1ccc(C2(CN)CC2(F)F)cc1F. The van der Waals surface area contributed by atoms with Crippen LogP contribution in [0, 0.1) is 5.82 Å². The highest BCUT2D eigenvalue weighted by Crippen LogP contribution is 2.61. The summed E-state index contributed by atoms with van der Waals surface area (Å²) in [6.07, 6.45) is -0.294. The van der Waals surface area contributed by atoms with E-state index in [-0.39, 0.29) is 18.5 Å². The molecule has 2 rings (SSSR count). The molecular weight excluding hydrogens is 229 g/mol. The maximum absolute atomic E-state index is 13.7. The van der Waals surface area contributed by atoms with E-state index >= 15 is 0 Å². The third-order valence-electron chi connectivity index (χ3n) is 3.43. The molecule has 0 radical (unpaired) electrons. The van der Waals surface area contributed by atoms with E-state index in [1.807, 2.05) is 0 Å². The molecule has 1 aliphatic carbocycles. The zero-order valence-electron chi connectivity index (χ0n) is 9.80. The Labute approximate surface area is 98.2 Å². The van der Waals surface area contributed by atoms with Crippen LogP contribution in [-0.4, -0.2) is 26.6 Å². The lowest BCUT2D eigenvalue weighted by Gasteiger charge is -2.18. The molecular formula is C12H15F3N2. The molecule has 0 aromatic heterocycles. The van der Waals surface area contributed by atoms with Crippen molar-refractivity contribution in [3.8, 4) is 0 Å². The number of hydrogen-bond acceptors (Lipinski definition) is 2. The van der Waals surface area contributed by atoms with Gasteiger partial charge >= 0.3 is 0 Å². The number of halogens is 3. The standard InChI is InChI=1S/C12H15F3N2/c1-17(2)10-4-3-8(5-9(10)13)11(7-16)6-12(11,14)15/h3-5H,6-7,16H2,1-2H3. The molecule has 17 heavy (non-hydrogen) atoms. The van der Waals surface area contributed by atoms with Crippen LogP contribution >= 0.6 is 0 Å². The Morgan fingerprint density at radius 2 is 1.94 bits per heavy atom. The maximum Gasteiger partial charge on any atom is 0.260 e. The summed E-state index contributed by atoms with van der Waals surface area (Å²) in [5.74, 6) is -3.31. The van der Waals surface area contributed by atoms with Gasteiger partial charge in [0.2, 0.25) is 0 Å². The fourth-order valence-corrected chi connectivity index (χ4v) is 2.15. The predicted molar refractivity (Wildman–Crippen MR) is 61.0 cm³/mol. The van der Waals surface area contributed by atoms with Gasteiger partial charge < -0.3 is 10.6 Å². The summed E-state index contributed by atoms with van der Waals surface area (Å²) in [5, 5.41) is 0. The minimum absolute atomic E-state index is 0.166. The maximum atomic E-state index is 13.7. The third-order valence-corrected chi connectivity index (χ3v) is 3.43.